The lowest BCUT2D eigenvalue weighted by molar-refractivity contribution is -0.121. The fourth-order valence-corrected chi connectivity index (χ4v) is 6.19. The minimum Gasteiger partial charge on any atom is -0.385 e. The molecule has 3 heterocycles. The van der Waals surface area contributed by atoms with Crippen LogP contribution in [0, 0.1) is 0 Å². The van der Waals surface area contributed by atoms with E-state index >= 15 is 0 Å². The third-order valence-corrected chi connectivity index (χ3v) is 8.41. The number of nitrogens with two attached hydrogens (primary N) is 1. The molecule has 0 aliphatic carbocycles. The molecule has 1 aromatic carbocycles. The third kappa shape index (κ3) is 6.12. The number of aryl methyl sites for hydroxylation is 1. The van der Waals surface area contributed by atoms with Gasteiger partial charge in [-0.3, -0.25) is 14.4 Å². The summed E-state index contributed by atoms with van der Waals surface area (Å²) < 4.78 is 27.0. The van der Waals surface area contributed by atoms with E-state index in [4.69, 9.17) is 10.7 Å². The number of amides is 2. The topological polar surface area (TPSA) is 156 Å². The van der Waals surface area contributed by atoms with Crippen molar-refractivity contribution < 1.29 is 18.0 Å². The summed E-state index contributed by atoms with van der Waals surface area (Å²) in [4.78, 5) is 42.2. The zero-order chi connectivity index (χ0) is 28.3. The molecule has 3 aromatic rings. The molecule has 0 unspecified atom stereocenters. The Morgan fingerprint density at radius 3 is 2.46 bits per heavy atom. The molecule has 4 rings (SSSR count). The zero-order valence-corrected chi connectivity index (χ0v) is 23.2. The molecule has 1 aliphatic heterocycles. The minimum absolute atomic E-state index is 0.107. The molecule has 0 spiro atoms. The first-order chi connectivity index (χ1) is 18.5. The zero-order valence-electron chi connectivity index (χ0n) is 22.4. The van der Waals surface area contributed by atoms with Gasteiger partial charge in [0.1, 0.15) is 11.5 Å². The number of aromatic nitrogens is 2. The molecule has 1 atom stereocenters. The van der Waals surface area contributed by atoms with E-state index in [1.165, 1.54) is 17.6 Å². The maximum Gasteiger partial charge on any atom is 0.224 e. The highest BCUT2D eigenvalue weighted by atomic mass is 32.2. The molecule has 0 saturated carbocycles. The number of carbonyl (C=O) groups excluding carboxylic acids is 2. The summed E-state index contributed by atoms with van der Waals surface area (Å²) in [6.07, 6.45) is 2.77. The number of carbonyl (C=O) groups is 2. The van der Waals surface area contributed by atoms with E-state index in [0.717, 1.165) is 24.0 Å². The minimum atomic E-state index is -3.29. The lowest BCUT2D eigenvalue weighted by atomic mass is 10.0. The van der Waals surface area contributed by atoms with Crippen LogP contribution in [-0.2, 0) is 39.0 Å². The molecular weight excluding hydrogens is 520 g/mol. The summed E-state index contributed by atoms with van der Waals surface area (Å²) in [6, 6.07) is 10.6. The van der Waals surface area contributed by atoms with Crippen molar-refractivity contribution in [3.63, 3.8) is 0 Å². The van der Waals surface area contributed by atoms with E-state index in [1.54, 1.807) is 16.7 Å². The van der Waals surface area contributed by atoms with Crippen LogP contribution in [-0.4, -0.2) is 66.5 Å². The lowest BCUT2D eigenvalue weighted by Gasteiger charge is -2.22. The van der Waals surface area contributed by atoms with Crippen molar-refractivity contribution in [3.8, 4) is 11.3 Å². The molecule has 2 aromatic heterocycles. The van der Waals surface area contributed by atoms with Crippen LogP contribution in [0.5, 0.6) is 0 Å². The van der Waals surface area contributed by atoms with Crippen LogP contribution in [0.1, 0.15) is 30.9 Å². The maximum absolute atomic E-state index is 13.1. The number of fused-ring (bicyclic) bond motifs is 1. The second kappa shape index (κ2) is 11.5. The number of hydrogen-bond acceptors (Lipinski definition) is 7. The van der Waals surface area contributed by atoms with E-state index in [-0.39, 0.29) is 54.1 Å². The number of nitrogen functional groups attached to an aromatic ring is 1. The normalized spacial score (nSPS) is 15.9. The highest BCUT2D eigenvalue weighted by Crippen LogP contribution is 2.24. The van der Waals surface area contributed by atoms with Gasteiger partial charge in [-0.1, -0.05) is 24.3 Å². The number of benzene rings is 1. The Kier molecular flexibility index (Phi) is 8.36. The third-order valence-electron chi connectivity index (χ3n) is 7.08. The molecule has 1 aliphatic rings. The first kappa shape index (κ1) is 28.2. The SMILES string of the molecule is CCn1c(N)c(CC(=O)NC)c(=O)c2ccc(-c3ccc(CC(=O)NC[C@H]4CCCN4S(C)(=O)=O)cc3)nc21. The average Bonchev–Trinajstić information content (AvgIpc) is 3.40. The Morgan fingerprint density at radius 2 is 1.82 bits per heavy atom. The Bertz CT molecular complexity index is 1570. The molecule has 1 fully saturated rings. The first-order valence-corrected chi connectivity index (χ1v) is 14.7. The van der Waals surface area contributed by atoms with Gasteiger partial charge in [-0.25, -0.2) is 13.4 Å². The Balaban J connectivity index is 1.50. The molecular formula is C27H34N6O5S. The van der Waals surface area contributed by atoms with Crippen molar-refractivity contribution in [2.45, 2.75) is 45.2 Å². The average molecular weight is 555 g/mol. The van der Waals surface area contributed by atoms with Crippen molar-refractivity contribution in [1.29, 1.82) is 0 Å². The summed E-state index contributed by atoms with van der Waals surface area (Å²) in [6.45, 7) is 3.14. The largest absolute Gasteiger partial charge is 0.385 e. The Morgan fingerprint density at radius 1 is 1.10 bits per heavy atom. The van der Waals surface area contributed by atoms with E-state index in [1.807, 2.05) is 31.2 Å². The standard InChI is InChI=1S/C27H34N6O5S/c1-4-32-26(28)21(15-23(34)29-2)25(36)20-11-12-22(31-27(20)32)18-9-7-17(8-10-18)14-24(35)30-16-19-6-5-13-33(19)39(3,37)38/h7-12,19H,4-6,13-16,28H2,1-3H3,(H,29,34)(H,30,35)/t19-/m1/s1. The fraction of sp³-hybridized carbons (Fsp3) is 0.407. The van der Waals surface area contributed by atoms with Gasteiger partial charge in [0.05, 0.1) is 30.2 Å². The van der Waals surface area contributed by atoms with Gasteiger partial charge in [-0.2, -0.15) is 4.31 Å². The molecule has 0 radical (unpaired) electrons. The van der Waals surface area contributed by atoms with Crippen molar-refractivity contribution >= 4 is 38.7 Å². The lowest BCUT2D eigenvalue weighted by Crippen LogP contribution is -2.43. The monoisotopic (exact) mass is 554 g/mol. The van der Waals surface area contributed by atoms with Crippen LogP contribution in [0.15, 0.2) is 41.2 Å². The van der Waals surface area contributed by atoms with Crippen LogP contribution >= 0.6 is 0 Å². The van der Waals surface area contributed by atoms with Crippen LogP contribution in [0.2, 0.25) is 0 Å². The molecule has 0 bridgehead atoms. The van der Waals surface area contributed by atoms with Gasteiger partial charge in [0.15, 0.2) is 5.43 Å². The number of rotatable bonds is 9. The molecule has 1 saturated heterocycles. The fourth-order valence-electron chi connectivity index (χ4n) is 5.01. The van der Waals surface area contributed by atoms with Gasteiger partial charge in [0, 0.05) is 43.9 Å². The predicted octanol–water partition coefficient (Wildman–Crippen LogP) is 1.04. The van der Waals surface area contributed by atoms with Crippen LogP contribution in [0.25, 0.3) is 22.3 Å². The van der Waals surface area contributed by atoms with Gasteiger partial charge >= 0.3 is 0 Å². The number of nitrogens with one attached hydrogen (secondary N) is 2. The summed E-state index contributed by atoms with van der Waals surface area (Å²) in [5.74, 6) is -0.252. The summed E-state index contributed by atoms with van der Waals surface area (Å²) in [5.41, 5.74) is 8.91. The van der Waals surface area contributed by atoms with Gasteiger partial charge in [-0.05, 0) is 37.5 Å². The highest BCUT2D eigenvalue weighted by Gasteiger charge is 2.31. The molecule has 12 heteroatoms. The number of likely N-dealkylation sites (N-methyl/N-ethyl adjacent to an activating group) is 1. The number of pyridine rings is 2. The molecule has 208 valence electrons. The smallest absolute Gasteiger partial charge is 0.224 e. The van der Waals surface area contributed by atoms with Crippen molar-refractivity contribution in [2.75, 3.05) is 32.1 Å². The van der Waals surface area contributed by atoms with Gasteiger partial charge in [0.2, 0.25) is 21.8 Å². The number of nitrogens with zero attached hydrogens (tertiary/aromatic N) is 3. The maximum atomic E-state index is 13.1. The Hall–Kier alpha value is -3.77. The van der Waals surface area contributed by atoms with Crippen LogP contribution in [0.3, 0.4) is 0 Å². The van der Waals surface area contributed by atoms with E-state index < -0.39 is 10.0 Å². The molecule has 11 nitrogen and oxygen atoms in total. The summed E-state index contributed by atoms with van der Waals surface area (Å²) >= 11 is 0. The number of sulfonamides is 1. The van der Waals surface area contributed by atoms with Crippen molar-refractivity contribution in [1.82, 2.24) is 24.5 Å². The van der Waals surface area contributed by atoms with Crippen LogP contribution in [0.4, 0.5) is 5.82 Å². The predicted molar refractivity (Wildman–Crippen MR) is 151 cm³/mol. The molecule has 4 N–H and O–H groups in total. The van der Waals surface area contributed by atoms with Gasteiger partial charge in [-0.15, -0.1) is 0 Å². The van der Waals surface area contributed by atoms with E-state index in [2.05, 4.69) is 10.6 Å². The van der Waals surface area contributed by atoms with E-state index in [9.17, 15) is 22.8 Å². The number of hydrogen-bond donors (Lipinski definition) is 3. The summed E-state index contributed by atoms with van der Waals surface area (Å²) in [5, 5.41) is 5.77. The quantitative estimate of drug-likeness (QED) is 0.357. The number of anilines is 1. The first-order valence-electron chi connectivity index (χ1n) is 12.9. The van der Waals surface area contributed by atoms with E-state index in [0.29, 0.717) is 29.8 Å². The molecule has 39 heavy (non-hydrogen) atoms. The summed E-state index contributed by atoms with van der Waals surface area (Å²) in [7, 11) is -1.78. The van der Waals surface area contributed by atoms with Gasteiger partial charge in [0.25, 0.3) is 0 Å². The molecule has 2 amide bonds. The Labute approximate surface area is 227 Å². The van der Waals surface area contributed by atoms with Gasteiger partial charge < -0.3 is 20.9 Å². The van der Waals surface area contributed by atoms with Crippen molar-refractivity contribution in [2.24, 2.45) is 0 Å². The van der Waals surface area contributed by atoms with Crippen molar-refractivity contribution in [3.05, 3.63) is 57.7 Å². The van der Waals surface area contributed by atoms with Crippen LogP contribution < -0.4 is 21.8 Å². The highest BCUT2D eigenvalue weighted by molar-refractivity contribution is 7.88. The second-order valence-electron chi connectivity index (χ2n) is 9.70. The second-order valence-corrected chi connectivity index (χ2v) is 11.6.